The zero-order valence-corrected chi connectivity index (χ0v) is 11.1. The van der Waals surface area contributed by atoms with Gasteiger partial charge in [0.25, 0.3) is 0 Å². The number of pyridine rings is 1. The van der Waals surface area contributed by atoms with Gasteiger partial charge >= 0.3 is 0 Å². The molecule has 4 heteroatoms. The lowest BCUT2D eigenvalue weighted by Gasteiger charge is -2.20. The maximum atomic E-state index is 5.53. The lowest BCUT2D eigenvalue weighted by atomic mass is 10.2. The van der Waals surface area contributed by atoms with Gasteiger partial charge in [0, 0.05) is 24.4 Å². The van der Waals surface area contributed by atoms with Crippen molar-refractivity contribution < 1.29 is 4.74 Å². The highest BCUT2D eigenvalue weighted by Gasteiger charge is 2.06. The highest BCUT2D eigenvalue weighted by atomic mass is 16.5. The van der Waals surface area contributed by atoms with Crippen molar-refractivity contribution in [3.63, 3.8) is 0 Å². The van der Waals surface area contributed by atoms with Crippen molar-refractivity contribution in [2.24, 2.45) is 5.73 Å². The summed E-state index contributed by atoms with van der Waals surface area (Å²) in [5.74, 6) is 0.877. The number of rotatable bonds is 7. The molecule has 0 saturated carbocycles. The van der Waals surface area contributed by atoms with E-state index in [4.69, 9.17) is 10.5 Å². The number of hydrogen-bond acceptors (Lipinski definition) is 4. The molecule has 0 amide bonds. The van der Waals surface area contributed by atoms with Gasteiger partial charge in [0.1, 0.15) is 5.75 Å². The molecule has 1 rings (SSSR count). The molecule has 2 N–H and O–H groups in total. The zero-order chi connectivity index (χ0) is 12.7. The minimum absolute atomic E-state index is 0.737. The summed E-state index contributed by atoms with van der Waals surface area (Å²) in [5.41, 5.74) is 7.58. The van der Waals surface area contributed by atoms with Gasteiger partial charge in [0.15, 0.2) is 0 Å². The van der Waals surface area contributed by atoms with E-state index in [1.807, 2.05) is 19.1 Å². The molecule has 0 aliphatic rings. The Labute approximate surface area is 104 Å². The van der Waals surface area contributed by atoms with Crippen LogP contribution in [-0.2, 0) is 6.54 Å². The fraction of sp³-hybridized carbons (Fsp3) is 0.615. The van der Waals surface area contributed by atoms with Crippen molar-refractivity contribution in [2.45, 2.75) is 26.8 Å². The minimum atomic E-state index is 0.737. The third-order valence-electron chi connectivity index (χ3n) is 2.73. The first-order chi connectivity index (χ1) is 8.19. The maximum Gasteiger partial charge on any atom is 0.122 e. The fourth-order valence-corrected chi connectivity index (χ4v) is 1.79. The Hall–Kier alpha value is -1.13. The molecule has 17 heavy (non-hydrogen) atoms. The minimum Gasteiger partial charge on any atom is -0.497 e. The van der Waals surface area contributed by atoms with Crippen molar-refractivity contribution in [3.8, 4) is 5.75 Å². The van der Waals surface area contributed by atoms with Gasteiger partial charge in [-0.25, -0.2) is 0 Å². The molecule has 0 radical (unpaired) electrons. The first-order valence-corrected chi connectivity index (χ1v) is 6.13. The molecule has 0 unspecified atom stereocenters. The van der Waals surface area contributed by atoms with Gasteiger partial charge in [0.2, 0.25) is 0 Å². The van der Waals surface area contributed by atoms with Crippen LogP contribution in [0.1, 0.15) is 24.7 Å². The number of hydrogen-bond donors (Lipinski definition) is 1. The number of aromatic nitrogens is 1. The van der Waals surface area contributed by atoms with E-state index in [1.165, 1.54) is 0 Å². The zero-order valence-electron chi connectivity index (χ0n) is 11.1. The van der Waals surface area contributed by atoms with E-state index >= 15 is 0 Å². The average molecular weight is 237 g/mol. The summed E-state index contributed by atoms with van der Waals surface area (Å²) in [5, 5.41) is 0. The van der Waals surface area contributed by atoms with Crippen LogP contribution >= 0.6 is 0 Å². The maximum absolute atomic E-state index is 5.53. The van der Waals surface area contributed by atoms with E-state index in [0.717, 1.165) is 49.7 Å². The van der Waals surface area contributed by atoms with E-state index in [1.54, 1.807) is 7.11 Å². The molecule has 0 aliphatic carbocycles. The number of nitrogens with two attached hydrogens (primary N) is 1. The van der Waals surface area contributed by atoms with Crippen LogP contribution in [-0.4, -0.2) is 36.6 Å². The molecule has 0 atom stereocenters. The van der Waals surface area contributed by atoms with Gasteiger partial charge < -0.3 is 10.5 Å². The van der Waals surface area contributed by atoms with Crippen LogP contribution in [0.2, 0.25) is 0 Å². The predicted molar refractivity (Wildman–Crippen MR) is 70.1 cm³/mol. The first kappa shape index (κ1) is 13.9. The summed E-state index contributed by atoms with van der Waals surface area (Å²) in [6, 6.07) is 3.94. The quantitative estimate of drug-likeness (QED) is 0.782. The second-order valence-electron chi connectivity index (χ2n) is 4.15. The average Bonchev–Trinajstić information content (AvgIpc) is 2.33. The second-order valence-corrected chi connectivity index (χ2v) is 4.15. The van der Waals surface area contributed by atoms with E-state index in [2.05, 4.69) is 16.8 Å². The summed E-state index contributed by atoms with van der Waals surface area (Å²) in [7, 11) is 1.69. The standard InChI is InChI=1S/C13H23N3O/c1-4-16(7-5-6-14)10-12-9-13(17-3)8-11(2)15-12/h8-9H,4-7,10,14H2,1-3H3. The summed E-state index contributed by atoms with van der Waals surface area (Å²) >= 11 is 0. The number of aryl methyl sites for hydroxylation is 1. The van der Waals surface area contributed by atoms with Crippen LogP contribution in [0.3, 0.4) is 0 Å². The van der Waals surface area contributed by atoms with Crippen LogP contribution in [0, 0.1) is 6.92 Å². The molecule has 0 saturated heterocycles. The number of nitrogens with zero attached hydrogens (tertiary/aromatic N) is 2. The molecule has 0 fully saturated rings. The monoisotopic (exact) mass is 237 g/mol. The number of ether oxygens (including phenoxy) is 1. The number of methoxy groups -OCH3 is 1. The molecule has 1 heterocycles. The normalized spacial score (nSPS) is 10.9. The van der Waals surface area contributed by atoms with Crippen molar-refractivity contribution >= 4 is 0 Å². The van der Waals surface area contributed by atoms with Crippen molar-refractivity contribution in [3.05, 3.63) is 23.5 Å². The van der Waals surface area contributed by atoms with Crippen LogP contribution in [0.5, 0.6) is 5.75 Å². The van der Waals surface area contributed by atoms with Gasteiger partial charge in [-0.05, 0) is 33.0 Å². The Morgan fingerprint density at radius 2 is 2.18 bits per heavy atom. The first-order valence-electron chi connectivity index (χ1n) is 6.13. The molecular weight excluding hydrogens is 214 g/mol. The molecule has 0 aliphatic heterocycles. The van der Waals surface area contributed by atoms with Crippen LogP contribution in [0.4, 0.5) is 0 Å². The lowest BCUT2D eigenvalue weighted by Crippen LogP contribution is -2.26. The molecule has 4 nitrogen and oxygen atoms in total. The third-order valence-corrected chi connectivity index (χ3v) is 2.73. The second kappa shape index (κ2) is 7.25. The summed E-state index contributed by atoms with van der Waals surface area (Å²) in [6.07, 6.45) is 1.02. The Morgan fingerprint density at radius 1 is 1.41 bits per heavy atom. The SMILES string of the molecule is CCN(CCCN)Cc1cc(OC)cc(C)n1. The van der Waals surface area contributed by atoms with Crippen LogP contribution in [0.15, 0.2) is 12.1 Å². The smallest absolute Gasteiger partial charge is 0.122 e. The van der Waals surface area contributed by atoms with E-state index in [0.29, 0.717) is 0 Å². The summed E-state index contributed by atoms with van der Waals surface area (Å²) in [6.45, 7) is 7.77. The molecule has 1 aromatic rings. The van der Waals surface area contributed by atoms with Gasteiger partial charge in [-0.15, -0.1) is 0 Å². The summed E-state index contributed by atoms with van der Waals surface area (Å²) in [4.78, 5) is 6.87. The van der Waals surface area contributed by atoms with Gasteiger partial charge in [-0.3, -0.25) is 9.88 Å². The van der Waals surface area contributed by atoms with Crippen molar-refractivity contribution in [1.29, 1.82) is 0 Å². The molecule has 0 spiro atoms. The van der Waals surface area contributed by atoms with E-state index in [-0.39, 0.29) is 0 Å². The van der Waals surface area contributed by atoms with Gasteiger partial charge in [-0.2, -0.15) is 0 Å². The Morgan fingerprint density at radius 3 is 2.76 bits per heavy atom. The lowest BCUT2D eigenvalue weighted by molar-refractivity contribution is 0.274. The van der Waals surface area contributed by atoms with Crippen LogP contribution in [0.25, 0.3) is 0 Å². The largest absolute Gasteiger partial charge is 0.497 e. The van der Waals surface area contributed by atoms with E-state index < -0.39 is 0 Å². The molecular formula is C13H23N3O. The molecule has 0 aromatic carbocycles. The van der Waals surface area contributed by atoms with Crippen LogP contribution < -0.4 is 10.5 Å². The van der Waals surface area contributed by atoms with E-state index in [9.17, 15) is 0 Å². The summed E-state index contributed by atoms with van der Waals surface area (Å²) < 4.78 is 5.25. The molecule has 1 aromatic heterocycles. The molecule has 96 valence electrons. The molecule has 0 bridgehead atoms. The van der Waals surface area contributed by atoms with Crippen molar-refractivity contribution in [2.75, 3.05) is 26.7 Å². The topological polar surface area (TPSA) is 51.4 Å². The predicted octanol–water partition coefficient (Wildman–Crippen LogP) is 1.57. The van der Waals surface area contributed by atoms with Crippen molar-refractivity contribution in [1.82, 2.24) is 9.88 Å². The highest BCUT2D eigenvalue weighted by Crippen LogP contribution is 2.14. The fourth-order valence-electron chi connectivity index (χ4n) is 1.79. The van der Waals surface area contributed by atoms with Gasteiger partial charge in [-0.1, -0.05) is 6.92 Å². The highest BCUT2D eigenvalue weighted by molar-refractivity contribution is 5.26. The van der Waals surface area contributed by atoms with Gasteiger partial charge in [0.05, 0.1) is 12.8 Å². The Bertz CT molecular complexity index is 341. The third kappa shape index (κ3) is 4.71. The Kier molecular flexibility index (Phi) is 5.94. The Balaban J connectivity index is 2.68.